The molecule has 0 bridgehead atoms. The highest BCUT2D eigenvalue weighted by Gasteiger charge is 2.35. The number of rotatable bonds is 12. The maximum atomic E-state index is 14.3. The van der Waals surface area contributed by atoms with E-state index in [0.29, 0.717) is 11.6 Å². The number of carbonyl (C=O) groups is 2. The number of anilines is 1. The van der Waals surface area contributed by atoms with E-state index >= 15 is 0 Å². The Kier molecular flexibility index (Phi) is 10.6. The maximum absolute atomic E-state index is 14.3. The van der Waals surface area contributed by atoms with Gasteiger partial charge in [0, 0.05) is 24.5 Å². The molecular weight excluding hydrogens is 593 g/mol. The monoisotopic (exact) mass is 623 g/mol. The Morgan fingerprint density at radius 3 is 1.95 bits per heavy atom. The first kappa shape index (κ1) is 31.1. The van der Waals surface area contributed by atoms with Gasteiger partial charge in [-0.1, -0.05) is 102 Å². The summed E-state index contributed by atoms with van der Waals surface area (Å²) < 4.78 is 28.9. The van der Waals surface area contributed by atoms with Crippen LogP contribution in [0.3, 0.4) is 0 Å². The number of hydrogen-bond donors (Lipinski definition) is 1. The standard InChI is InChI=1S/C32H31Cl2N3O4S/c1-2-35-32(39)30(20-24-12-6-3-7-13-24)36(22-25-14-8-4-9-15-25)31(38)23-37(29-19-18-26(33)21-28(29)34)42(40,41)27-16-10-5-11-17-27/h3-19,21,30H,2,20,22-23H2,1H3,(H,35,39)/t30-/m1/s1. The third-order valence-electron chi connectivity index (χ3n) is 6.61. The number of sulfonamides is 1. The molecule has 2 amide bonds. The highest BCUT2D eigenvalue weighted by Crippen LogP contribution is 2.33. The molecule has 4 aromatic carbocycles. The van der Waals surface area contributed by atoms with E-state index in [1.807, 2.05) is 60.7 Å². The summed E-state index contributed by atoms with van der Waals surface area (Å²) in [6, 6.07) is 29.9. The predicted molar refractivity (Wildman–Crippen MR) is 167 cm³/mol. The number of likely N-dealkylation sites (N-methyl/N-ethyl adjacent to an activating group) is 1. The van der Waals surface area contributed by atoms with Crippen molar-refractivity contribution in [3.8, 4) is 0 Å². The van der Waals surface area contributed by atoms with Crippen molar-refractivity contribution in [2.24, 2.45) is 0 Å². The van der Waals surface area contributed by atoms with Crippen molar-refractivity contribution in [2.45, 2.75) is 30.8 Å². The second-order valence-electron chi connectivity index (χ2n) is 9.53. The van der Waals surface area contributed by atoms with Gasteiger partial charge in [-0.05, 0) is 48.4 Å². The zero-order valence-corrected chi connectivity index (χ0v) is 25.3. The summed E-state index contributed by atoms with van der Waals surface area (Å²) in [5.41, 5.74) is 1.74. The Morgan fingerprint density at radius 2 is 1.38 bits per heavy atom. The van der Waals surface area contributed by atoms with E-state index in [1.54, 1.807) is 25.1 Å². The summed E-state index contributed by atoms with van der Waals surface area (Å²) in [5, 5.41) is 3.22. The third kappa shape index (κ3) is 7.70. The molecule has 1 N–H and O–H groups in total. The molecule has 218 valence electrons. The normalized spacial score (nSPS) is 11.9. The number of amides is 2. The molecule has 0 fully saturated rings. The average molecular weight is 625 g/mol. The molecule has 0 aliphatic rings. The van der Waals surface area contributed by atoms with Crippen molar-refractivity contribution in [3.05, 3.63) is 130 Å². The van der Waals surface area contributed by atoms with E-state index in [9.17, 15) is 18.0 Å². The second-order valence-corrected chi connectivity index (χ2v) is 12.2. The van der Waals surface area contributed by atoms with E-state index in [1.165, 1.54) is 35.2 Å². The SMILES string of the molecule is CCNC(=O)[C@@H](Cc1ccccc1)N(Cc1ccccc1)C(=O)CN(c1ccc(Cl)cc1Cl)S(=O)(=O)c1ccccc1. The van der Waals surface area contributed by atoms with Crippen LogP contribution in [-0.4, -0.2) is 44.3 Å². The van der Waals surface area contributed by atoms with Crippen LogP contribution in [0.25, 0.3) is 0 Å². The van der Waals surface area contributed by atoms with E-state index in [-0.39, 0.29) is 34.5 Å². The van der Waals surface area contributed by atoms with Crippen LogP contribution in [0.15, 0.2) is 114 Å². The lowest BCUT2D eigenvalue weighted by Gasteiger charge is -2.34. The maximum Gasteiger partial charge on any atom is 0.264 e. The summed E-state index contributed by atoms with van der Waals surface area (Å²) in [5.74, 6) is -0.913. The molecule has 10 heteroatoms. The van der Waals surface area contributed by atoms with E-state index in [2.05, 4.69) is 5.32 Å². The van der Waals surface area contributed by atoms with Crippen LogP contribution >= 0.6 is 23.2 Å². The lowest BCUT2D eigenvalue weighted by Crippen LogP contribution is -2.53. The first-order valence-electron chi connectivity index (χ1n) is 13.4. The highest BCUT2D eigenvalue weighted by molar-refractivity contribution is 7.92. The van der Waals surface area contributed by atoms with Gasteiger partial charge in [0.15, 0.2) is 0 Å². The van der Waals surface area contributed by atoms with Gasteiger partial charge in [-0.25, -0.2) is 8.42 Å². The summed E-state index contributed by atoms with van der Waals surface area (Å²) >= 11 is 12.6. The number of nitrogens with zero attached hydrogens (tertiary/aromatic N) is 2. The lowest BCUT2D eigenvalue weighted by atomic mass is 10.0. The van der Waals surface area contributed by atoms with Crippen LogP contribution in [0.4, 0.5) is 5.69 Å². The van der Waals surface area contributed by atoms with Gasteiger partial charge >= 0.3 is 0 Å². The van der Waals surface area contributed by atoms with Crippen molar-refractivity contribution in [2.75, 3.05) is 17.4 Å². The van der Waals surface area contributed by atoms with Gasteiger partial charge in [0.05, 0.1) is 15.6 Å². The minimum Gasteiger partial charge on any atom is -0.355 e. The van der Waals surface area contributed by atoms with E-state index < -0.39 is 28.5 Å². The summed E-state index contributed by atoms with van der Waals surface area (Å²) in [6.07, 6.45) is 0.235. The van der Waals surface area contributed by atoms with Gasteiger partial charge in [0.2, 0.25) is 11.8 Å². The van der Waals surface area contributed by atoms with Crippen LogP contribution in [0, 0.1) is 0 Å². The lowest BCUT2D eigenvalue weighted by molar-refractivity contribution is -0.140. The smallest absolute Gasteiger partial charge is 0.264 e. The molecule has 0 spiro atoms. The van der Waals surface area contributed by atoms with Crippen LogP contribution in [0.2, 0.25) is 10.0 Å². The molecule has 4 rings (SSSR count). The molecule has 0 unspecified atom stereocenters. The largest absolute Gasteiger partial charge is 0.355 e. The molecule has 7 nitrogen and oxygen atoms in total. The summed E-state index contributed by atoms with van der Waals surface area (Å²) in [4.78, 5) is 29.2. The minimum atomic E-state index is -4.25. The number of benzene rings is 4. The molecule has 0 saturated heterocycles. The fourth-order valence-electron chi connectivity index (χ4n) is 4.54. The molecule has 0 aliphatic carbocycles. The summed E-state index contributed by atoms with van der Waals surface area (Å²) in [6.45, 7) is 1.65. The van der Waals surface area contributed by atoms with Crippen molar-refractivity contribution >= 4 is 50.7 Å². The fraction of sp³-hybridized carbons (Fsp3) is 0.188. The van der Waals surface area contributed by atoms with Crippen LogP contribution in [0.5, 0.6) is 0 Å². The Bertz CT molecular complexity index is 1610. The predicted octanol–water partition coefficient (Wildman–Crippen LogP) is 5.96. The minimum absolute atomic E-state index is 0.0111. The van der Waals surface area contributed by atoms with Gasteiger partial charge in [-0.2, -0.15) is 0 Å². The van der Waals surface area contributed by atoms with Crippen molar-refractivity contribution in [1.29, 1.82) is 0 Å². The summed E-state index contributed by atoms with van der Waals surface area (Å²) in [7, 11) is -4.25. The van der Waals surface area contributed by atoms with Crippen molar-refractivity contribution in [3.63, 3.8) is 0 Å². The van der Waals surface area contributed by atoms with Gasteiger partial charge in [0.25, 0.3) is 10.0 Å². The molecule has 0 radical (unpaired) electrons. The molecule has 1 atom stereocenters. The Hall–Kier alpha value is -3.85. The number of halogens is 2. The molecule has 42 heavy (non-hydrogen) atoms. The van der Waals surface area contributed by atoms with Gasteiger partial charge < -0.3 is 10.2 Å². The second kappa shape index (κ2) is 14.4. The first-order valence-corrected chi connectivity index (χ1v) is 15.6. The zero-order chi connectivity index (χ0) is 30.1. The van der Waals surface area contributed by atoms with Crippen LogP contribution in [0.1, 0.15) is 18.1 Å². The zero-order valence-electron chi connectivity index (χ0n) is 23.0. The highest BCUT2D eigenvalue weighted by atomic mass is 35.5. The Balaban J connectivity index is 1.80. The Morgan fingerprint density at radius 1 is 0.810 bits per heavy atom. The third-order valence-corrected chi connectivity index (χ3v) is 8.92. The number of hydrogen-bond acceptors (Lipinski definition) is 4. The fourth-order valence-corrected chi connectivity index (χ4v) is 6.56. The molecule has 0 aliphatic heterocycles. The van der Waals surface area contributed by atoms with Crippen LogP contribution in [-0.2, 0) is 32.6 Å². The van der Waals surface area contributed by atoms with Crippen molar-refractivity contribution < 1.29 is 18.0 Å². The molecule has 0 saturated carbocycles. The quantitative estimate of drug-likeness (QED) is 0.211. The van der Waals surface area contributed by atoms with Crippen LogP contribution < -0.4 is 9.62 Å². The van der Waals surface area contributed by atoms with Gasteiger partial charge in [-0.3, -0.25) is 13.9 Å². The number of carbonyl (C=O) groups excluding carboxylic acids is 2. The topological polar surface area (TPSA) is 86.8 Å². The Labute approximate surface area is 256 Å². The molecule has 0 aromatic heterocycles. The van der Waals surface area contributed by atoms with Gasteiger partial charge in [0.1, 0.15) is 12.6 Å². The van der Waals surface area contributed by atoms with E-state index in [4.69, 9.17) is 23.2 Å². The van der Waals surface area contributed by atoms with Crippen molar-refractivity contribution in [1.82, 2.24) is 10.2 Å². The van der Waals surface area contributed by atoms with E-state index in [0.717, 1.165) is 15.4 Å². The molecular formula is C32H31Cl2N3O4S. The average Bonchev–Trinajstić information content (AvgIpc) is 2.99. The molecule has 4 aromatic rings. The first-order chi connectivity index (χ1) is 20.2. The molecule has 0 heterocycles. The van der Waals surface area contributed by atoms with Gasteiger partial charge in [-0.15, -0.1) is 0 Å². The number of nitrogens with one attached hydrogen (secondary N) is 1.